The molecule has 0 saturated carbocycles. The van der Waals surface area contributed by atoms with Gasteiger partial charge in [0, 0.05) is 6.04 Å². The van der Waals surface area contributed by atoms with E-state index in [2.05, 4.69) is 32.7 Å². The Balaban J connectivity index is 1.81. The summed E-state index contributed by atoms with van der Waals surface area (Å²) < 4.78 is 39.6. The van der Waals surface area contributed by atoms with Crippen LogP contribution < -0.4 is 5.32 Å². The fourth-order valence-corrected chi connectivity index (χ4v) is 2.56. The Morgan fingerprint density at radius 3 is 2.44 bits per heavy atom. The first-order valence-corrected chi connectivity index (χ1v) is 7.98. The molecule has 3 aromatic rings. The Hall–Kier alpha value is -2.64. The first-order valence-electron chi connectivity index (χ1n) is 7.98. The lowest BCUT2D eigenvalue weighted by molar-refractivity contribution is -0.146. The second kappa shape index (κ2) is 6.70. The summed E-state index contributed by atoms with van der Waals surface area (Å²) in [5.74, 6) is -0.769. The number of nitrogens with zero attached hydrogens (tertiary/aromatic N) is 4. The zero-order valence-electron chi connectivity index (χ0n) is 13.9. The van der Waals surface area contributed by atoms with Crippen molar-refractivity contribution in [2.24, 2.45) is 0 Å². The van der Waals surface area contributed by atoms with Crippen molar-refractivity contribution in [2.75, 3.05) is 5.32 Å². The minimum absolute atomic E-state index is 0.0541. The first kappa shape index (κ1) is 17.2. The van der Waals surface area contributed by atoms with Crippen molar-refractivity contribution in [1.29, 1.82) is 0 Å². The smallest absolute Gasteiger partial charge is 0.366 e. The highest BCUT2D eigenvalue weighted by atomic mass is 19.4. The number of alkyl halides is 3. The van der Waals surface area contributed by atoms with Crippen molar-refractivity contribution in [3.05, 3.63) is 53.3 Å². The third-order valence-electron chi connectivity index (χ3n) is 3.96. The van der Waals surface area contributed by atoms with Crippen LogP contribution >= 0.6 is 0 Å². The Morgan fingerprint density at radius 2 is 1.80 bits per heavy atom. The van der Waals surface area contributed by atoms with Crippen molar-refractivity contribution < 1.29 is 13.2 Å². The van der Waals surface area contributed by atoms with Gasteiger partial charge in [-0.25, -0.2) is 0 Å². The van der Waals surface area contributed by atoms with Crippen LogP contribution in [0.15, 0.2) is 36.4 Å². The van der Waals surface area contributed by atoms with E-state index in [1.807, 2.05) is 26.0 Å². The number of rotatable bonds is 5. The van der Waals surface area contributed by atoms with Gasteiger partial charge < -0.3 is 5.32 Å². The van der Waals surface area contributed by atoms with Crippen LogP contribution in [-0.4, -0.2) is 25.9 Å². The summed E-state index contributed by atoms with van der Waals surface area (Å²) in [7, 11) is 0. The second-order valence-electron chi connectivity index (χ2n) is 5.95. The maximum Gasteiger partial charge on any atom is 0.453 e. The Morgan fingerprint density at radius 1 is 1.08 bits per heavy atom. The van der Waals surface area contributed by atoms with Gasteiger partial charge in [-0.15, -0.1) is 15.3 Å². The summed E-state index contributed by atoms with van der Waals surface area (Å²) in [6, 6.07) is 11.3. The number of nitrogens with one attached hydrogen (secondary N) is 1. The fourth-order valence-electron chi connectivity index (χ4n) is 2.56. The van der Waals surface area contributed by atoms with E-state index in [-0.39, 0.29) is 11.7 Å². The predicted octanol–water partition coefficient (Wildman–Crippen LogP) is 3.88. The Labute approximate surface area is 142 Å². The maximum absolute atomic E-state index is 12.9. The number of aryl methyl sites for hydroxylation is 1. The van der Waals surface area contributed by atoms with Gasteiger partial charge in [0.05, 0.1) is 0 Å². The SMILES string of the molecule is CCC(Cc1ccc(C)cc1)Nc1ccc2nnc(C(F)(F)F)n2n1. The molecule has 1 aromatic carbocycles. The van der Waals surface area contributed by atoms with Crippen molar-refractivity contribution in [1.82, 2.24) is 19.8 Å². The molecule has 8 heteroatoms. The van der Waals surface area contributed by atoms with E-state index < -0.39 is 12.0 Å². The molecule has 0 aliphatic heterocycles. The molecule has 0 aliphatic carbocycles. The maximum atomic E-state index is 12.9. The lowest BCUT2D eigenvalue weighted by atomic mass is 10.0. The number of anilines is 1. The van der Waals surface area contributed by atoms with E-state index in [9.17, 15) is 13.2 Å². The molecule has 132 valence electrons. The number of aromatic nitrogens is 4. The van der Waals surface area contributed by atoms with Gasteiger partial charge in [-0.2, -0.15) is 17.7 Å². The molecule has 1 atom stereocenters. The highest BCUT2D eigenvalue weighted by Crippen LogP contribution is 2.27. The highest BCUT2D eigenvalue weighted by molar-refractivity contribution is 5.45. The largest absolute Gasteiger partial charge is 0.453 e. The van der Waals surface area contributed by atoms with Crippen molar-refractivity contribution in [3.8, 4) is 0 Å². The number of fused-ring (bicyclic) bond motifs is 1. The lowest BCUT2D eigenvalue weighted by Gasteiger charge is -2.18. The molecule has 2 aromatic heterocycles. The monoisotopic (exact) mass is 349 g/mol. The number of benzene rings is 1. The highest BCUT2D eigenvalue weighted by Gasteiger charge is 2.37. The van der Waals surface area contributed by atoms with Gasteiger partial charge in [-0.1, -0.05) is 36.8 Å². The van der Waals surface area contributed by atoms with Gasteiger partial charge in [0.15, 0.2) is 5.65 Å². The quantitative estimate of drug-likeness (QED) is 0.759. The van der Waals surface area contributed by atoms with Crippen LogP contribution in [0.25, 0.3) is 5.65 Å². The average Bonchev–Trinajstić information content (AvgIpc) is 2.99. The van der Waals surface area contributed by atoms with Crippen molar-refractivity contribution in [3.63, 3.8) is 0 Å². The molecule has 0 fully saturated rings. The minimum Gasteiger partial charge on any atom is -0.366 e. The van der Waals surface area contributed by atoms with E-state index in [4.69, 9.17) is 0 Å². The summed E-state index contributed by atoms with van der Waals surface area (Å²) in [6.07, 6.45) is -3.04. The summed E-state index contributed by atoms with van der Waals surface area (Å²) in [5, 5.41) is 13.9. The van der Waals surface area contributed by atoms with E-state index in [1.165, 1.54) is 11.6 Å². The van der Waals surface area contributed by atoms with Gasteiger partial charge in [-0.05, 0) is 37.5 Å². The van der Waals surface area contributed by atoms with E-state index in [1.54, 1.807) is 6.07 Å². The summed E-state index contributed by atoms with van der Waals surface area (Å²) in [4.78, 5) is 0. The second-order valence-corrected chi connectivity index (χ2v) is 5.95. The molecule has 0 saturated heterocycles. The zero-order chi connectivity index (χ0) is 18.0. The molecule has 0 spiro atoms. The average molecular weight is 349 g/mol. The molecule has 0 radical (unpaired) electrons. The first-order chi connectivity index (χ1) is 11.9. The van der Waals surface area contributed by atoms with Gasteiger partial charge in [0.25, 0.3) is 5.82 Å². The third-order valence-corrected chi connectivity index (χ3v) is 3.96. The number of hydrogen-bond acceptors (Lipinski definition) is 4. The molecule has 2 heterocycles. The Bertz CT molecular complexity index is 855. The molecule has 1 unspecified atom stereocenters. The molecule has 0 aliphatic rings. The van der Waals surface area contributed by atoms with Crippen molar-refractivity contribution >= 4 is 11.5 Å². The molecule has 1 N–H and O–H groups in total. The lowest BCUT2D eigenvalue weighted by Crippen LogP contribution is -2.23. The van der Waals surface area contributed by atoms with E-state index in [0.717, 1.165) is 22.9 Å². The molecular formula is C17H18F3N5. The molecular weight excluding hydrogens is 331 g/mol. The van der Waals surface area contributed by atoms with E-state index in [0.29, 0.717) is 5.82 Å². The standard InChI is InChI=1S/C17H18F3N5/c1-3-13(10-12-6-4-11(2)5-7-12)21-14-8-9-15-22-23-16(17(18,19)20)25(15)24-14/h4-9,13H,3,10H2,1-2H3,(H,21,24). The summed E-state index contributed by atoms with van der Waals surface area (Å²) >= 11 is 0. The van der Waals surface area contributed by atoms with E-state index >= 15 is 0 Å². The molecule has 0 amide bonds. The third kappa shape index (κ3) is 3.89. The van der Waals surface area contributed by atoms with Crippen LogP contribution in [0.5, 0.6) is 0 Å². The molecule has 3 rings (SSSR count). The normalized spacial score (nSPS) is 13.2. The molecule has 25 heavy (non-hydrogen) atoms. The van der Waals surface area contributed by atoms with Crippen LogP contribution in [0, 0.1) is 6.92 Å². The van der Waals surface area contributed by atoms with Crippen LogP contribution in [0.3, 0.4) is 0 Å². The van der Waals surface area contributed by atoms with Crippen LogP contribution in [0.1, 0.15) is 30.3 Å². The van der Waals surface area contributed by atoms with Crippen LogP contribution in [0.2, 0.25) is 0 Å². The van der Waals surface area contributed by atoms with Crippen LogP contribution in [0.4, 0.5) is 19.0 Å². The minimum atomic E-state index is -4.60. The van der Waals surface area contributed by atoms with Gasteiger partial charge in [0.2, 0.25) is 0 Å². The van der Waals surface area contributed by atoms with Gasteiger partial charge in [0.1, 0.15) is 5.82 Å². The van der Waals surface area contributed by atoms with Crippen molar-refractivity contribution in [2.45, 2.75) is 38.9 Å². The van der Waals surface area contributed by atoms with Gasteiger partial charge >= 0.3 is 6.18 Å². The fraction of sp³-hybridized carbons (Fsp3) is 0.353. The molecule has 0 bridgehead atoms. The Kier molecular flexibility index (Phi) is 4.61. The van der Waals surface area contributed by atoms with Gasteiger partial charge in [-0.3, -0.25) is 0 Å². The summed E-state index contributed by atoms with van der Waals surface area (Å²) in [6.45, 7) is 4.04. The topological polar surface area (TPSA) is 55.1 Å². The summed E-state index contributed by atoms with van der Waals surface area (Å²) in [5.41, 5.74) is 2.40. The molecule has 5 nitrogen and oxygen atoms in total. The van der Waals surface area contributed by atoms with Crippen LogP contribution in [-0.2, 0) is 12.6 Å². The zero-order valence-corrected chi connectivity index (χ0v) is 13.9. The number of halogens is 3. The predicted molar refractivity (Wildman–Crippen MR) is 88.4 cm³/mol. The number of hydrogen-bond donors (Lipinski definition) is 1.